The van der Waals surface area contributed by atoms with E-state index in [1.165, 1.54) is 19.2 Å². The lowest BCUT2D eigenvalue weighted by atomic mass is 9.94. The fraction of sp³-hybridized carbons (Fsp3) is 0.545. The monoisotopic (exact) mass is 217 g/mol. The minimum absolute atomic E-state index is 0.745. The summed E-state index contributed by atoms with van der Waals surface area (Å²) in [5, 5.41) is 3.37. The normalized spacial score (nSPS) is 18.0. The van der Waals surface area contributed by atoms with Crippen LogP contribution in [0.4, 0.5) is 0 Å². The topological polar surface area (TPSA) is 66.5 Å². The largest absolute Gasteiger partial charge is 0.339 e. The molecule has 0 unspecified atom stereocenters. The average molecular weight is 217 g/mol. The Bertz CT molecular complexity index is 439. The summed E-state index contributed by atoms with van der Waals surface area (Å²) >= 11 is 0. The van der Waals surface area contributed by atoms with Crippen molar-refractivity contribution in [2.45, 2.75) is 19.3 Å². The van der Waals surface area contributed by atoms with Gasteiger partial charge in [0, 0.05) is 6.42 Å². The maximum atomic E-state index is 4.48. The average Bonchev–Trinajstić information content (AvgIpc) is 2.72. The summed E-state index contributed by atoms with van der Waals surface area (Å²) in [5.41, 5.74) is 1.71. The van der Waals surface area contributed by atoms with Crippen LogP contribution in [0.25, 0.3) is 11.2 Å². The first-order chi connectivity index (χ1) is 7.92. The van der Waals surface area contributed by atoms with Crippen molar-refractivity contribution in [3.05, 3.63) is 18.3 Å². The van der Waals surface area contributed by atoms with Gasteiger partial charge >= 0.3 is 0 Å². The number of aromatic amines is 1. The highest BCUT2D eigenvalue weighted by atomic mass is 15.0. The molecule has 0 spiro atoms. The zero-order valence-electron chi connectivity index (χ0n) is 9.11. The van der Waals surface area contributed by atoms with Gasteiger partial charge in [0.2, 0.25) is 0 Å². The van der Waals surface area contributed by atoms with Gasteiger partial charge in [-0.15, -0.1) is 0 Å². The molecule has 84 valence electrons. The van der Waals surface area contributed by atoms with Crippen molar-refractivity contribution in [2.24, 2.45) is 5.92 Å². The maximum absolute atomic E-state index is 4.48. The Labute approximate surface area is 93.7 Å². The number of aromatic nitrogens is 4. The van der Waals surface area contributed by atoms with Crippen molar-refractivity contribution < 1.29 is 0 Å². The SMILES string of the molecule is c1ncc2[nH]c(CC3CCNCC3)nc2n1. The smallest absolute Gasteiger partial charge is 0.180 e. The van der Waals surface area contributed by atoms with Gasteiger partial charge in [0.1, 0.15) is 17.7 Å². The molecule has 3 rings (SSSR count). The lowest BCUT2D eigenvalue weighted by Crippen LogP contribution is -2.28. The summed E-state index contributed by atoms with van der Waals surface area (Å²) in [6.07, 6.45) is 6.82. The second-order valence-corrected chi connectivity index (χ2v) is 4.34. The van der Waals surface area contributed by atoms with Gasteiger partial charge in [0.25, 0.3) is 0 Å². The van der Waals surface area contributed by atoms with E-state index in [2.05, 4.69) is 25.3 Å². The van der Waals surface area contributed by atoms with Crippen molar-refractivity contribution in [1.29, 1.82) is 0 Å². The third kappa shape index (κ3) is 1.90. The van der Waals surface area contributed by atoms with Gasteiger partial charge in [0.05, 0.1) is 6.20 Å². The summed E-state index contributed by atoms with van der Waals surface area (Å²) < 4.78 is 0. The van der Waals surface area contributed by atoms with Gasteiger partial charge in [0.15, 0.2) is 5.65 Å². The highest BCUT2D eigenvalue weighted by molar-refractivity contribution is 5.68. The van der Waals surface area contributed by atoms with Crippen LogP contribution in [0, 0.1) is 5.92 Å². The van der Waals surface area contributed by atoms with Crippen LogP contribution >= 0.6 is 0 Å². The number of hydrogen-bond acceptors (Lipinski definition) is 4. The predicted molar refractivity (Wildman–Crippen MR) is 61.0 cm³/mol. The molecular formula is C11H15N5. The molecule has 1 fully saturated rings. The molecule has 2 aromatic heterocycles. The molecule has 3 heterocycles. The Balaban J connectivity index is 1.78. The quantitative estimate of drug-likeness (QED) is 0.784. The van der Waals surface area contributed by atoms with Crippen molar-refractivity contribution in [1.82, 2.24) is 25.3 Å². The lowest BCUT2D eigenvalue weighted by molar-refractivity contribution is 0.368. The molecule has 5 nitrogen and oxygen atoms in total. The van der Waals surface area contributed by atoms with Gasteiger partial charge in [-0.2, -0.15) is 0 Å². The highest BCUT2D eigenvalue weighted by Gasteiger charge is 2.15. The number of imidazole rings is 1. The van der Waals surface area contributed by atoms with E-state index in [0.29, 0.717) is 0 Å². The molecule has 0 aliphatic carbocycles. The molecular weight excluding hydrogens is 202 g/mol. The maximum Gasteiger partial charge on any atom is 0.180 e. The number of fused-ring (bicyclic) bond motifs is 1. The number of piperidine rings is 1. The number of H-pyrrole nitrogens is 1. The molecule has 0 atom stereocenters. The summed E-state index contributed by atoms with van der Waals surface area (Å²) in [4.78, 5) is 15.9. The van der Waals surface area contributed by atoms with E-state index in [0.717, 1.165) is 42.4 Å². The van der Waals surface area contributed by atoms with Crippen LogP contribution in [0.5, 0.6) is 0 Å². The zero-order chi connectivity index (χ0) is 10.8. The molecule has 0 bridgehead atoms. The van der Waals surface area contributed by atoms with Crippen molar-refractivity contribution in [2.75, 3.05) is 13.1 Å². The number of rotatable bonds is 2. The number of hydrogen-bond donors (Lipinski definition) is 2. The van der Waals surface area contributed by atoms with E-state index in [4.69, 9.17) is 0 Å². The van der Waals surface area contributed by atoms with Crippen LogP contribution in [0.3, 0.4) is 0 Å². The number of nitrogens with one attached hydrogen (secondary N) is 2. The third-order valence-electron chi connectivity index (χ3n) is 3.15. The van der Waals surface area contributed by atoms with Gasteiger partial charge in [-0.3, -0.25) is 0 Å². The van der Waals surface area contributed by atoms with Gasteiger partial charge in [-0.05, 0) is 31.8 Å². The standard InChI is InChI=1S/C11H15N5/c1-3-12-4-2-8(1)5-10-15-9-6-13-7-14-11(9)16-10/h6-8,12H,1-5H2,(H,13,14,15,16). The fourth-order valence-corrected chi connectivity index (χ4v) is 2.27. The molecule has 0 amide bonds. The van der Waals surface area contributed by atoms with Crippen LogP contribution in [0.2, 0.25) is 0 Å². The van der Waals surface area contributed by atoms with Gasteiger partial charge in [-0.1, -0.05) is 0 Å². The Morgan fingerprint density at radius 3 is 3.00 bits per heavy atom. The molecule has 5 heteroatoms. The Morgan fingerprint density at radius 1 is 1.31 bits per heavy atom. The number of nitrogens with zero attached hydrogens (tertiary/aromatic N) is 3. The molecule has 0 aromatic carbocycles. The van der Waals surface area contributed by atoms with E-state index in [1.807, 2.05) is 0 Å². The van der Waals surface area contributed by atoms with Crippen LogP contribution in [-0.2, 0) is 6.42 Å². The second kappa shape index (κ2) is 4.17. The van der Waals surface area contributed by atoms with Gasteiger partial charge in [-0.25, -0.2) is 15.0 Å². The minimum atomic E-state index is 0.745. The first-order valence-corrected chi connectivity index (χ1v) is 5.77. The van der Waals surface area contributed by atoms with Crippen LogP contribution in [-0.4, -0.2) is 33.0 Å². The highest BCUT2D eigenvalue weighted by Crippen LogP contribution is 2.17. The van der Waals surface area contributed by atoms with E-state index < -0.39 is 0 Å². The van der Waals surface area contributed by atoms with Crippen LogP contribution < -0.4 is 5.32 Å². The van der Waals surface area contributed by atoms with Gasteiger partial charge < -0.3 is 10.3 Å². The van der Waals surface area contributed by atoms with E-state index in [1.54, 1.807) is 6.20 Å². The predicted octanol–water partition coefficient (Wildman–Crippen LogP) is 0.895. The molecule has 1 aliphatic rings. The molecule has 0 radical (unpaired) electrons. The Kier molecular flexibility index (Phi) is 2.53. The zero-order valence-corrected chi connectivity index (χ0v) is 9.11. The third-order valence-corrected chi connectivity index (χ3v) is 3.15. The summed E-state index contributed by atoms with van der Waals surface area (Å²) in [5.74, 6) is 1.79. The Morgan fingerprint density at radius 2 is 2.19 bits per heavy atom. The summed E-state index contributed by atoms with van der Waals surface area (Å²) in [6, 6.07) is 0. The lowest BCUT2D eigenvalue weighted by Gasteiger charge is -2.21. The first-order valence-electron chi connectivity index (χ1n) is 5.77. The first kappa shape index (κ1) is 9.72. The Hall–Kier alpha value is -1.49. The molecule has 1 aliphatic heterocycles. The van der Waals surface area contributed by atoms with Crippen LogP contribution in [0.15, 0.2) is 12.5 Å². The molecule has 2 N–H and O–H groups in total. The fourth-order valence-electron chi connectivity index (χ4n) is 2.27. The van der Waals surface area contributed by atoms with E-state index >= 15 is 0 Å². The molecule has 0 saturated carbocycles. The van der Waals surface area contributed by atoms with E-state index in [9.17, 15) is 0 Å². The van der Waals surface area contributed by atoms with Crippen molar-refractivity contribution in [3.63, 3.8) is 0 Å². The van der Waals surface area contributed by atoms with E-state index in [-0.39, 0.29) is 0 Å². The molecule has 1 saturated heterocycles. The summed E-state index contributed by atoms with van der Waals surface area (Å²) in [6.45, 7) is 2.26. The second-order valence-electron chi connectivity index (χ2n) is 4.34. The molecule has 16 heavy (non-hydrogen) atoms. The van der Waals surface area contributed by atoms with Crippen molar-refractivity contribution >= 4 is 11.2 Å². The molecule has 2 aromatic rings. The van der Waals surface area contributed by atoms with Crippen molar-refractivity contribution in [3.8, 4) is 0 Å². The van der Waals surface area contributed by atoms with Crippen LogP contribution in [0.1, 0.15) is 18.7 Å². The summed E-state index contributed by atoms with van der Waals surface area (Å²) in [7, 11) is 0. The minimum Gasteiger partial charge on any atom is -0.339 e.